The van der Waals surface area contributed by atoms with Gasteiger partial charge in [0.1, 0.15) is 0 Å². The molecule has 0 bridgehead atoms. The van der Waals surface area contributed by atoms with Gasteiger partial charge in [-0.3, -0.25) is 4.90 Å². The fourth-order valence-corrected chi connectivity index (χ4v) is 4.87. The predicted octanol–water partition coefficient (Wildman–Crippen LogP) is -0.619. The van der Waals surface area contributed by atoms with Gasteiger partial charge in [-0.05, 0) is 32.2 Å². The molecule has 0 spiro atoms. The normalized spacial score (nSPS) is 37.6. The molecule has 2 N–H and O–H groups in total. The fourth-order valence-electron chi connectivity index (χ4n) is 3.06. The molecule has 0 amide bonds. The molecule has 0 radical (unpaired) electrons. The summed E-state index contributed by atoms with van der Waals surface area (Å²) in [6.07, 6.45) is 2.99. The van der Waals surface area contributed by atoms with Crippen molar-refractivity contribution in [2.75, 3.05) is 24.7 Å². The number of rotatable bonds is 4. The molecule has 3 atom stereocenters. The van der Waals surface area contributed by atoms with Crippen LogP contribution < -0.4 is 0 Å². The third kappa shape index (κ3) is 2.99. The van der Waals surface area contributed by atoms with Gasteiger partial charge in [-0.1, -0.05) is 0 Å². The summed E-state index contributed by atoms with van der Waals surface area (Å²) in [4.78, 5) is 2.14. The van der Waals surface area contributed by atoms with Crippen LogP contribution in [0.4, 0.5) is 0 Å². The number of aliphatic hydroxyl groups excluding tert-OH is 2. The van der Waals surface area contributed by atoms with E-state index in [0.717, 1.165) is 32.2 Å². The standard InChI is InChI=1S/C11H21NO4S/c13-6-2-4-9-3-1-5-12(9)10-7-17(15,16)8-11(10)14/h9-11,13-14H,1-8H2. The lowest BCUT2D eigenvalue weighted by Crippen LogP contribution is -2.45. The summed E-state index contributed by atoms with van der Waals surface area (Å²) in [5.41, 5.74) is 0. The first kappa shape index (κ1) is 13.3. The van der Waals surface area contributed by atoms with E-state index >= 15 is 0 Å². The van der Waals surface area contributed by atoms with Crippen molar-refractivity contribution in [1.82, 2.24) is 4.90 Å². The van der Waals surface area contributed by atoms with Crippen LogP contribution in [-0.2, 0) is 9.84 Å². The highest BCUT2D eigenvalue weighted by atomic mass is 32.2. The Balaban J connectivity index is 2.01. The van der Waals surface area contributed by atoms with Gasteiger partial charge >= 0.3 is 0 Å². The first-order valence-corrected chi connectivity index (χ1v) is 8.11. The van der Waals surface area contributed by atoms with Gasteiger partial charge in [0.05, 0.1) is 23.7 Å². The minimum absolute atomic E-state index is 0.0871. The lowest BCUT2D eigenvalue weighted by Gasteiger charge is -2.31. The van der Waals surface area contributed by atoms with Crippen molar-refractivity contribution in [3.8, 4) is 0 Å². The summed E-state index contributed by atoms with van der Waals surface area (Å²) in [7, 11) is -3.07. The van der Waals surface area contributed by atoms with E-state index in [-0.39, 0.29) is 24.2 Å². The molecule has 17 heavy (non-hydrogen) atoms. The second-order valence-electron chi connectivity index (χ2n) is 5.11. The highest BCUT2D eigenvalue weighted by molar-refractivity contribution is 7.91. The molecule has 100 valence electrons. The van der Waals surface area contributed by atoms with Crippen molar-refractivity contribution < 1.29 is 18.6 Å². The molecule has 3 unspecified atom stereocenters. The maximum absolute atomic E-state index is 11.5. The monoisotopic (exact) mass is 263 g/mol. The Kier molecular flexibility index (Phi) is 4.07. The zero-order valence-corrected chi connectivity index (χ0v) is 10.8. The van der Waals surface area contributed by atoms with Gasteiger partial charge in [-0.15, -0.1) is 0 Å². The first-order chi connectivity index (χ1) is 8.03. The van der Waals surface area contributed by atoms with E-state index in [9.17, 15) is 13.5 Å². The minimum atomic E-state index is -3.07. The Morgan fingerprint density at radius 2 is 2.06 bits per heavy atom. The second kappa shape index (κ2) is 5.22. The Bertz CT molecular complexity index is 356. The summed E-state index contributed by atoms with van der Waals surface area (Å²) in [5, 5.41) is 18.7. The van der Waals surface area contributed by atoms with E-state index in [1.54, 1.807) is 0 Å². The highest BCUT2D eigenvalue weighted by Gasteiger charge is 2.43. The van der Waals surface area contributed by atoms with Gasteiger partial charge in [0.2, 0.25) is 0 Å². The molecule has 0 aliphatic carbocycles. The van der Waals surface area contributed by atoms with Crippen LogP contribution in [0.1, 0.15) is 25.7 Å². The zero-order valence-electron chi connectivity index (χ0n) is 9.96. The molecule has 0 aromatic carbocycles. The third-order valence-electron chi connectivity index (χ3n) is 3.84. The van der Waals surface area contributed by atoms with Crippen molar-refractivity contribution in [2.45, 2.75) is 43.9 Å². The van der Waals surface area contributed by atoms with E-state index in [4.69, 9.17) is 5.11 Å². The number of likely N-dealkylation sites (tertiary alicyclic amines) is 1. The van der Waals surface area contributed by atoms with Crippen molar-refractivity contribution in [3.05, 3.63) is 0 Å². The number of aliphatic hydroxyl groups is 2. The number of hydrogen-bond acceptors (Lipinski definition) is 5. The van der Waals surface area contributed by atoms with Crippen LogP contribution in [0.15, 0.2) is 0 Å². The van der Waals surface area contributed by atoms with Crippen LogP contribution in [0.3, 0.4) is 0 Å². The van der Waals surface area contributed by atoms with Gasteiger partial charge in [-0.2, -0.15) is 0 Å². The van der Waals surface area contributed by atoms with Crippen molar-refractivity contribution in [2.24, 2.45) is 0 Å². The lowest BCUT2D eigenvalue weighted by molar-refractivity contribution is 0.0707. The average molecular weight is 263 g/mol. The van der Waals surface area contributed by atoms with Crippen LogP contribution in [0.5, 0.6) is 0 Å². The summed E-state index contributed by atoms with van der Waals surface area (Å²) in [6.45, 7) is 1.04. The van der Waals surface area contributed by atoms with E-state index in [2.05, 4.69) is 4.90 Å². The molecule has 0 aromatic rings. The molecule has 2 saturated heterocycles. The van der Waals surface area contributed by atoms with Crippen LogP contribution in [-0.4, -0.2) is 66.4 Å². The molecule has 0 aromatic heterocycles. The predicted molar refractivity (Wildman–Crippen MR) is 64.5 cm³/mol. The maximum atomic E-state index is 11.5. The van der Waals surface area contributed by atoms with Crippen LogP contribution >= 0.6 is 0 Å². The van der Waals surface area contributed by atoms with Crippen LogP contribution in [0, 0.1) is 0 Å². The summed E-state index contributed by atoms with van der Waals surface area (Å²) >= 11 is 0. The van der Waals surface area contributed by atoms with E-state index in [0.29, 0.717) is 6.04 Å². The SMILES string of the molecule is O=S1(=O)CC(O)C(N2CCCC2CCCO)C1. The summed E-state index contributed by atoms with van der Waals surface area (Å²) in [6, 6.07) is 0.0984. The topological polar surface area (TPSA) is 77.8 Å². The van der Waals surface area contributed by atoms with Gasteiger partial charge < -0.3 is 10.2 Å². The Hall–Kier alpha value is -0.170. The highest BCUT2D eigenvalue weighted by Crippen LogP contribution is 2.28. The number of hydrogen-bond donors (Lipinski definition) is 2. The summed E-state index contributed by atoms with van der Waals surface area (Å²) < 4.78 is 23.0. The lowest BCUT2D eigenvalue weighted by atomic mass is 10.1. The molecule has 2 aliphatic heterocycles. The van der Waals surface area contributed by atoms with Crippen LogP contribution in [0.25, 0.3) is 0 Å². The molecule has 2 heterocycles. The fraction of sp³-hybridized carbons (Fsp3) is 1.00. The smallest absolute Gasteiger partial charge is 0.154 e. The Morgan fingerprint density at radius 1 is 1.29 bits per heavy atom. The van der Waals surface area contributed by atoms with E-state index < -0.39 is 15.9 Å². The van der Waals surface area contributed by atoms with Gasteiger partial charge in [-0.25, -0.2) is 8.42 Å². The molecule has 6 heteroatoms. The molecule has 2 rings (SSSR count). The first-order valence-electron chi connectivity index (χ1n) is 6.28. The Labute approximate surface area is 102 Å². The minimum Gasteiger partial charge on any atom is -0.396 e. The second-order valence-corrected chi connectivity index (χ2v) is 7.27. The quantitative estimate of drug-likeness (QED) is 0.707. The van der Waals surface area contributed by atoms with Gasteiger partial charge in [0.25, 0.3) is 0 Å². The molecular formula is C11H21NO4S. The van der Waals surface area contributed by atoms with Gasteiger partial charge in [0.15, 0.2) is 9.84 Å². The maximum Gasteiger partial charge on any atom is 0.154 e. The average Bonchev–Trinajstić information content (AvgIpc) is 2.79. The largest absolute Gasteiger partial charge is 0.396 e. The number of sulfone groups is 1. The van der Waals surface area contributed by atoms with E-state index in [1.165, 1.54) is 0 Å². The van der Waals surface area contributed by atoms with Crippen molar-refractivity contribution in [3.63, 3.8) is 0 Å². The molecular weight excluding hydrogens is 242 g/mol. The van der Waals surface area contributed by atoms with Crippen molar-refractivity contribution in [1.29, 1.82) is 0 Å². The summed E-state index contributed by atoms with van der Waals surface area (Å²) in [5.74, 6) is -0.00925. The third-order valence-corrected chi connectivity index (χ3v) is 5.54. The molecule has 0 saturated carbocycles. The number of nitrogens with zero attached hydrogens (tertiary/aromatic N) is 1. The zero-order chi connectivity index (χ0) is 12.5. The molecule has 2 aliphatic rings. The van der Waals surface area contributed by atoms with Crippen molar-refractivity contribution >= 4 is 9.84 Å². The molecule has 5 nitrogen and oxygen atoms in total. The van der Waals surface area contributed by atoms with E-state index in [1.807, 2.05) is 0 Å². The Morgan fingerprint density at radius 3 is 2.65 bits per heavy atom. The van der Waals surface area contributed by atoms with Crippen LogP contribution in [0.2, 0.25) is 0 Å². The molecule has 2 fully saturated rings. The van der Waals surface area contributed by atoms with Gasteiger partial charge in [0, 0.05) is 12.6 Å².